The molecular weight excluding hydrogens is 609 g/mol. The SMILES string of the molecule is COc1cc(C(O)c2cccc(C(F)(F)F)c2)c(Oc2c(Br)cc(CC(=O)O)cc2Br)cc1C(C)C. The molecule has 0 aromatic heterocycles. The highest BCUT2D eigenvalue weighted by molar-refractivity contribution is 9.11. The third-order valence-electron chi connectivity index (χ3n) is 5.43. The van der Waals surface area contributed by atoms with Crippen molar-refractivity contribution in [1.29, 1.82) is 0 Å². The number of hydrogen-bond acceptors (Lipinski definition) is 4. The Balaban J connectivity index is 2.15. The maximum atomic E-state index is 13.3. The zero-order valence-corrected chi connectivity index (χ0v) is 22.7. The summed E-state index contributed by atoms with van der Waals surface area (Å²) in [5.41, 5.74) is 0.636. The molecule has 0 aliphatic heterocycles. The van der Waals surface area contributed by atoms with E-state index in [0.29, 0.717) is 26.0 Å². The monoisotopic (exact) mass is 630 g/mol. The average Bonchev–Trinajstić information content (AvgIpc) is 2.79. The number of methoxy groups -OCH3 is 1. The Bertz CT molecular complexity index is 1250. The predicted molar refractivity (Wildman–Crippen MR) is 136 cm³/mol. The molecule has 0 bridgehead atoms. The van der Waals surface area contributed by atoms with Crippen molar-refractivity contribution in [2.24, 2.45) is 0 Å². The molecule has 1 atom stereocenters. The minimum absolute atomic E-state index is 0.00636. The second-order valence-electron chi connectivity index (χ2n) is 8.37. The first-order valence-electron chi connectivity index (χ1n) is 10.8. The Hall–Kier alpha value is -2.56. The molecule has 0 amide bonds. The summed E-state index contributed by atoms with van der Waals surface area (Å²) in [6.07, 6.45) is -6.22. The fourth-order valence-corrected chi connectivity index (χ4v) is 5.13. The Morgan fingerprint density at radius 3 is 2.14 bits per heavy atom. The summed E-state index contributed by atoms with van der Waals surface area (Å²) >= 11 is 6.80. The fraction of sp³-hybridized carbons (Fsp3) is 0.269. The number of aliphatic hydroxyl groups excluding tert-OH is 1. The van der Waals surface area contributed by atoms with Gasteiger partial charge >= 0.3 is 12.1 Å². The van der Waals surface area contributed by atoms with Crippen molar-refractivity contribution in [2.75, 3.05) is 7.11 Å². The van der Waals surface area contributed by atoms with E-state index in [1.807, 2.05) is 13.8 Å². The lowest BCUT2D eigenvalue weighted by Gasteiger charge is -2.22. The minimum atomic E-state index is -4.57. The lowest BCUT2D eigenvalue weighted by atomic mass is 9.94. The van der Waals surface area contributed by atoms with Crippen LogP contribution in [0.1, 0.15) is 53.7 Å². The van der Waals surface area contributed by atoms with Crippen LogP contribution in [0, 0.1) is 0 Å². The van der Waals surface area contributed by atoms with Gasteiger partial charge in [-0.3, -0.25) is 4.79 Å². The standard InChI is InChI=1S/C26H23Br2F3O5/c1-13(2)17-11-22(36-25-19(27)7-14(8-20(25)28)9-23(32)33)18(12-21(17)35-3)24(34)15-5-4-6-16(10-15)26(29,30)31/h4-8,10-13,24,34H,9H2,1-3H3,(H,32,33). The van der Waals surface area contributed by atoms with Gasteiger partial charge < -0.3 is 19.7 Å². The highest BCUT2D eigenvalue weighted by Crippen LogP contribution is 2.44. The van der Waals surface area contributed by atoms with Gasteiger partial charge in [-0.15, -0.1) is 0 Å². The molecule has 0 saturated heterocycles. The van der Waals surface area contributed by atoms with E-state index in [-0.39, 0.29) is 29.2 Å². The van der Waals surface area contributed by atoms with Crippen LogP contribution in [0.25, 0.3) is 0 Å². The quantitative estimate of drug-likeness (QED) is 0.265. The first-order valence-corrected chi connectivity index (χ1v) is 12.3. The van der Waals surface area contributed by atoms with Crippen molar-refractivity contribution in [3.05, 3.63) is 85.3 Å². The number of carboxylic acids is 1. The Morgan fingerprint density at radius 2 is 1.61 bits per heavy atom. The summed E-state index contributed by atoms with van der Waals surface area (Å²) in [7, 11) is 1.47. The number of alkyl halides is 3. The van der Waals surface area contributed by atoms with E-state index in [4.69, 9.17) is 14.6 Å². The summed E-state index contributed by atoms with van der Waals surface area (Å²) in [5, 5.41) is 20.3. The lowest BCUT2D eigenvalue weighted by molar-refractivity contribution is -0.138. The first-order chi connectivity index (χ1) is 16.8. The van der Waals surface area contributed by atoms with Gasteiger partial charge in [0.25, 0.3) is 0 Å². The van der Waals surface area contributed by atoms with Gasteiger partial charge in [0.15, 0.2) is 5.75 Å². The van der Waals surface area contributed by atoms with Crippen molar-refractivity contribution >= 4 is 37.8 Å². The summed E-state index contributed by atoms with van der Waals surface area (Å²) in [5.74, 6) is -0.0239. The van der Waals surface area contributed by atoms with Gasteiger partial charge in [-0.2, -0.15) is 13.2 Å². The van der Waals surface area contributed by atoms with Crippen LogP contribution in [0.5, 0.6) is 17.2 Å². The summed E-state index contributed by atoms with van der Waals surface area (Å²) < 4.78 is 52.4. The van der Waals surface area contributed by atoms with Crippen molar-refractivity contribution in [2.45, 2.75) is 38.5 Å². The van der Waals surface area contributed by atoms with Gasteiger partial charge in [0.2, 0.25) is 0 Å². The number of halogens is 5. The van der Waals surface area contributed by atoms with Gasteiger partial charge in [-0.25, -0.2) is 0 Å². The van der Waals surface area contributed by atoms with Crippen molar-refractivity contribution in [3.8, 4) is 17.2 Å². The van der Waals surface area contributed by atoms with Crippen LogP contribution in [0.2, 0.25) is 0 Å². The molecule has 3 rings (SSSR count). The van der Waals surface area contributed by atoms with Crippen LogP contribution >= 0.6 is 31.9 Å². The van der Waals surface area contributed by atoms with Crippen LogP contribution in [-0.4, -0.2) is 23.3 Å². The maximum Gasteiger partial charge on any atom is 0.416 e. The van der Waals surface area contributed by atoms with Gasteiger partial charge in [0, 0.05) is 11.1 Å². The van der Waals surface area contributed by atoms with Crippen molar-refractivity contribution in [1.82, 2.24) is 0 Å². The number of aliphatic carboxylic acids is 1. The largest absolute Gasteiger partial charge is 0.496 e. The molecule has 0 heterocycles. The van der Waals surface area contributed by atoms with Crippen molar-refractivity contribution < 1.29 is 37.7 Å². The molecule has 5 nitrogen and oxygen atoms in total. The zero-order valence-electron chi connectivity index (χ0n) is 19.5. The second-order valence-corrected chi connectivity index (χ2v) is 10.1. The molecular formula is C26H23Br2F3O5. The summed E-state index contributed by atoms with van der Waals surface area (Å²) in [6.45, 7) is 3.88. The molecule has 1 unspecified atom stereocenters. The summed E-state index contributed by atoms with van der Waals surface area (Å²) in [6, 6.07) is 10.9. The number of benzene rings is 3. The fourth-order valence-electron chi connectivity index (χ4n) is 3.68. The topological polar surface area (TPSA) is 76.0 Å². The minimum Gasteiger partial charge on any atom is -0.496 e. The van der Waals surface area contributed by atoms with E-state index in [0.717, 1.165) is 17.7 Å². The van der Waals surface area contributed by atoms with E-state index >= 15 is 0 Å². The average molecular weight is 632 g/mol. The first kappa shape index (κ1) is 28.0. The molecule has 0 aliphatic carbocycles. The third kappa shape index (κ3) is 6.41. The van der Waals surface area contributed by atoms with E-state index in [1.54, 1.807) is 24.3 Å². The number of hydrogen-bond donors (Lipinski definition) is 2. The molecule has 0 aliphatic rings. The molecule has 0 spiro atoms. The van der Waals surface area contributed by atoms with Crippen molar-refractivity contribution in [3.63, 3.8) is 0 Å². The third-order valence-corrected chi connectivity index (χ3v) is 6.61. The molecule has 0 fully saturated rings. The molecule has 192 valence electrons. The van der Waals surface area contributed by atoms with Gasteiger partial charge in [0.1, 0.15) is 17.6 Å². The highest BCUT2D eigenvalue weighted by Gasteiger charge is 2.31. The number of ether oxygens (including phenoxy) is 2. The van der Waals surface area contributed by atoms with E-state index < -0.39 is 23.8 Å². The van der Waals surface area contributed by atoms with Crippen LogP contribution < -0.4 is 9.47 Å². The maximum absolute atomic E-state index is 13.3. The predicted octanol–water partition coefficient (Wildman–Crippen LogP) is 7.86. The van der Waals surface area contributed by atoms with E-state index in [9.17, 15) is 23.1 Å². The molecule has 2 N–H and O–H groups in total. The van der Waals surface area contributed by atoms with Gasteiger partial charge in [-0.05, 0) is 85.3 Å². The van der Waals surface area contributed by atoms with E-state index in [2.05, 4.69) is 31.9 Å². The lowest BCUT2D eigenvalue weighted by Crippen LogP contribution is -2.09. The van der Waals surface area contributed by atoms with Crippen LogP contribution in [0.3, 0.4) is 0 Å². The number of rotatable bonds is 8. The number of aliphatic hydroxyl groups is 1. The number of carbonyl (C=O) groups is 1. The molecule has 10 heteroatoms. The molecule has 0 saturated carbocycles. The molecule has 3 aromatic carbocycles. The Morgan fingerprint density at radius 1 is 1.00 bits per heavy atom. The molecule has 0 radical (unpaired) electrons. The van der Waals surface area contributed by atoms with E-state index in [1.165, 1.54) is 19.2 Å². The summed E-state index contributed by atoms with van der Waals surface area (Å²) in [4.78, 5) is 11.1. The number of carboxylic acid groups (broad SMARTS) is 1. The Labute approximate surface area is 223 Å². The Kier molecular flexibility index (Phi) is 8.74. The molecule has 36 heavy (non-hydrogen) atoms. The second kappa shape index (κ2) is 11.2. The van der Waals surface area contributed by atoms with Gasteiger partial charge in [0.05, 0.1) is 28.0 Å². The highest BCUT2D eigenvalue weighted by atomic mass is 79.9. The smallest absolute Gasteiger partial charge is 0.416 e. The zero-order chi connectivity index (χ0) is 26.8. The molecule has 3 aromatic rings. The van der Waals surface area contributed by atoms with Crippen LogP contribution in [0.4, 0.5) is 13.2 Å². The van der Waals surface area contributed by atoms with Crippen LogP contribution in [-0.2, 0) is 17.4 Å². The normalized spacial score (nSPS) is 12.5. The van der Waals surface area contributed by atoms with Gasteiger partial charge in [-0.1, -0.05) is 26.0 Å². The van der Waals surface area contributed by atoms with Crippen LogP contribution in [0.15, 0.2) is 57.5 Å².